The van der Waals surface area contributed by atoms with Crippen molar-refractivity contribution in [1.82, 2.24) is 4.90 Å². The maximum Gasteiger partial charge on any atom is 0.261 e. The molecule has 1 heterocycles. The molecule has 0 aliphatic carbocycles. The lowest BCUT2D eigenvalue weighted by Gasteiger charge is -2.22. The second kappa shape index (κ2) is 8.26. The van der Waals surface area contributed by atoms with Crippen molar-refractivity contribution in [3.63, 3.8) is 0 Å². The van der Waals surface area contributed by atoms with E-state index in [4.69, 9.17) is 11.6 Å². The zero-order valence-corrected chi connectivity index (χ0v) is 17.1. The maximum atomic E-state index is 13.5. The van der Waals surface area contributed by atoms with Gasteiger partial charge >= 0.3 is 0 Å². The van der Waals surface area contributed by atoms with E-state index in [-0.39, 0.29) is 5.91 Å². The number of nitrogens with zero attached hydrogens (tertiary/aromatic N) is 1. The third kappa shape index (κ3) is 3.60. The molecular weight excluding hydrogens is 386 g/mol. The van der Waals surface area contributed by atoms with Crippen LogP contribution in [0.1, 0.15) is 22.3 Å². The van der Waals surface area contributed by atoms with E-state index in [9.17, 15) is 4.79 Å². The fourth-order valence-corrected chi connectivity index (χ4v) is 4.56. The molecule has 0 saturated heterocycles. The molecule has 1 aliphatic heterocycles. The van der Waals surface area contributed by atoms with Crippen molar-refractivity contribution in [3.05, 3.63) is 111 Å². The van der Waals surface area contributed by atoms with Gasteiger partial charge in [0.05, 0.1) is 4.91 Å². The molecule has 1 amide bonds. The zero-order valence-electron chi connectivity index (χ0n) is 15.6. The molecule has 28 heavy (non-hydrogen) atoms. The van der Waals surface area contributed by atoms with E-state index in [0.717, 1.165) is 32.7 Å². The van der Waals surface area contributed by atoms with Crippen LogP contribution in [0.4, 0.5) is 0 Å². The Morgan fingerprint density at radius 1 is 0.893 bits per heavy atom. The molecule has 0 aromatic heterocycles. The van der Waals surface area contributed by atoms with Gasteiger partial charge in [-0.3, -0.25) is 4.79 Å². The minimum atomic E-state index is 0.0440. The summed E-state index contributed by atoms with van der Waals surface area (Å²) >= 11 is 8.03. The second-order valence-electron chi connectivity index (χ2n) is 6.69. The van der Waals surface area contributed by atoms with E-state index in [1.54, 1.807) is 0 Å². The van der Waals surface area contributed by atoms with E-state index in [0.29, 0.717) is 18.1 Å². The van der Waals surface area contributed by atoms with Gasteiger partial charge in [-0.2, -0.15) is 0 Å². The summed E-state index contributed by atoms with van der Waals surface area (Å²) in [5, 5.41) is 0.656. The van der Waals surface area contributed by atoms with Crippen molar-refractivity contribution < 1.29 is 4.79 Å². The van der Waals surface area contributed by atoms with Gasteiger partial charge in [0.25, 0.3) is 5.91 Å². The van der Waals surface area contributed by atoms with Crippen LogP contribution in [0, 0.1) is 0 Å². The van der Waals surface area contributed by atoms with Gasteiger partial charge in [0, 0.05) is 29.2 Å². The van der Waals surface area contributed by atoms with Crippen LogP contribution in [0.15, 0.2) is 83.8 Å². The fourth-order valence-electron chi connectivity index (χ4n) is 3.60. The normalized spacial score (nSPS) is 14.1. The van der Waals surface area contributed by atoms with E-state index < -0.39 is 0 Å². The van der Waals surface area contributed by atoms with Crippen LogP contribution in [0.25, 0.3) is 5.57 Å². The molecule has 3 aromatic carbocycles. The quantitative estimate of drug-likeness (QED) is 0.530. The number of halogens is 1. The highest BCUT2D eigenvalue weighted by molar-refractivity contribution is 8.03. The summed E-state index contributed by atoms with van der Waals surface area (Å²) in [6, 6.07) is 26.1. The lowest BCUT2D eigenvalue weighted by molar-refractivity contribution is -0.127. The number of carbonyl (C=O) groups is 1. The third-order valence-electron chi connectivity index (χ3n) is 4.92. The van der Waals surface area contributed by atoms with Crippen LogP contribution in [0.5, 0.6) is 0 Å². The summed E-state index contributed by atoms with van der Waals surface area (Å²) in [6.07, 6.45) is 1.96. The molecule has 1 aliphatic rings. The predicted molar refractivity (Wildman–Crippen MR) is 118 cm³/mol. The molecule has 0 fully saturated rings. The molecule has 0 spiro atoms. The summed E-state index contributed by atoms with van der Waals surface area (Å²) in [5.74, 6) is 0.0440. The molecule has 0 bridgehead atoms. The fraction of sp³-hybridized carbons (Fsp3) is 0.125. The van der Waals surface area contributed by atoms with Gasteiger partial charge < -0.3 is 4.90 Å². The van der Waals surface area contributed by atoms with Gasteiger partial charge in [-0.05, 0) is 29.0 Å². The number of hydrogen-bond acceptors (Lipinski definition) is 2. The van der Waals surface area contributed by atoms with Gasteiger partial charge in [-0.1, -0.05) is 84.4 Å². The standard InChI is InChI=1S/C24H20ClNOS/c1-28-23-22(20-13-7-8-14-21(20)25)19-12-6-5-11-18(19)16-26(24(23)27)15-17-9-3-2-4-10-17/h2-14H,15-16H2,1H3. The topological polar surface area (TPSA) is 20.3 Å². The van der Waals surface area contributed by atoms with Gasteiger partial charge in [0.15, 0.2) is 0 Å². The molecule has 0 N–H and O–H groups in total. The third-order valence-corrected chi connectivity index (χ3v) is 6.04. The number of benzene rings is 3. The average Bonchev–Trinajstić information content (AvgIpc) is 2.84. The van der Waals surface area contributed by atoms with E-state index in [2.05, 4.69) is 24.3 Å². The first-order valence-corrected chi connectivity index (χ1v) is 10.7. The second-order valence-corrected chi connectivity index (χ2v) is 7.92. The minimum Gasteiger partial charge on any atom is -0.330 e. The van der Waals surface area contributed by atoms with Crippen molar-refractivity contribution in [2.24, 2.45) is 0 Å². The number of carbonyl (C=O) groups excluding carboxylic acids is 1. The first kappa shape index (κ1) is 18.9. The molecule has 4 rings (SSSR count). The van der Waals surface area contributed by atoms with Gasteiger partial charge in [-0.15, -0.1) is 11.8 Å². The number of fused-ring (bicyclic) bond motifs is 1. The predicted octanol–water partition coefficient (Wildman–Crippen LogP) is 6.00. The lowest BCUT2D eigenvalue weighted by Crippen LogP contribution is -2.29. The van der Waals surface area contributed by atoms with Crippen LogP contribution in [-0.2, 0) is 17.9 Å². The summed E-state index contributed by atoms with van der Waals surface area (Å²) in [7, 11) is 0. The number of rotatable bonds is 4. The molecule has 0 unspecified atom stereocenters. The maximum absolute atomic E-state index is 13.5. The van der Waals surface area contributed by atoms with Crippen molar-refractivity contribution in [1.29, 1.82) is 0 Å². The van der Waals surface area contributed by atoms with Gasteiger partial charge in [0.2, 0.25) is 0 Å². The molecule has 2 nitrogen and oxygen atoms in total. The van der Waals surface area contributed by atoms with Crippen LogP contribution in [0.3, 0.4) is 0 Å². The van der Waals surface area contributed by atoms with Crippen molar-refractivity contribution >= 4 is 34.8 Å². The molecule has 140 valence electrons. The van der Waals surface area contributed by atoms with Crippen LogP contribution >= 0.6 is 23.4 Å². The average molecular weight is 406 g/mol. The molecule has 0 radical (unpaired) electrons. The van der Waals surface area contributed by atoms with E-state index >= 15 is 0 Å². The highest BCUT2D eigenvalue weighted by Crippen LogP contribution is 2.40. The Hall–Kier alpha value is -2.49. The Kier molecular flexibility index (Phi) is 5.56. The molecular formula is C24H20ClNOS. The van der Waals surface area contributed by atoms with Crippen molar-refractivity contribution in [2.75, 3.05) is 6.26 Å². The summed E-state index contributed by atoms with van der Waals surface area (Å²) in [5.41, 5.74) is 5.15. The van der Waals surface area contributed by atoms with Crippen molar-refractivity contribution in [2.45, 2.75) is 13.1 Å². The summed E-state index contributed by atoms with van der Waals surface area (Å²) in [4.78, 5) is 16.2. The molecule has 0 saturated carbocycles. The summed E-state index contributed by atoms with van der Waals surface area (Å²) in [6.45, 7) is 1.15. The van der Waals surface area contributed by atoms with Gasteiger partial charge in [-0.25, -0.2) is 0 Å². The Labute approximate surface area is 174 Å². The zero-order chi connectivity index (χ0) is 19.5. The monoisotopic (exact) mass is 405 g/mol. The minimum absolute atomic E-state index is 0.0440. The lowest BCUT2D eigenvalue weighted by atomic mass is 9.94. The Bertz CT molecular complexity index is 1050. The first-order valence-electron chi connectivity index (χ1n) is 9.13. The largest absolute Gasteiger partial charge is 0.330 e. The summed E-state index contributed by atoms with van der Waals surface area (Å²) < 4.78 is 0. The smallest absolute Gasteiger partial charge is 0.261 e. The van der Waals surface area contributed by atoms with Gasteiger partial charge in [0.1, 0.15) is 0 Å². The van der Waals surface area contributed by atoms with Crippen LogP contribution in [-0.4, -0.2) is 17.1 Å². The molecule has 3 aromatic rings. The highest BCUT2D eigenvalue weighted by atomic mass is 35.5. The number of thioether (sulfide) groups is 1. The molecule has 4 heteroatoms. The number of hydrogen-bond donors (Lipinski definition) is 0. The SMILES string of the molecule is CSC1=C(c2ccccc2Cl)c2ccccc2CN(Cc2ccccc2)C1=O. The molecule has 0 atom stereocenters. The number of amides is 1. The van der Waals surface area contributed by atoms with Crippen LogP contribution < -0.4 is 0 Å². The van der Waals surface area contributed by atoms with Crippen molar-refractivity contribution in [3.8, 4) is 0 Å². The Morgan fingerprint density at radius 3 is 2.25 bits per heavy atom. The first-order chi connectivity index (χ1) is 13.7. The van der Waals surface area contributed by atoms with E-state index in [1.165, 1.54) is 11.8 Å². The van der Waals surface area contributed by atoms with E-state index in [1.807, 2.05) is 65.8 Å². The van der Waals surface area contributed by atoms with Crippen LogP contribution in [0.2, 0.25) is 5.02 Å². The highest BCUT2D eigenvalue weighted by Gasteiger charge is 2.29. The Balaban J connectivity index is 1.89. The Morgan fingerprint density at radius 2 is 1.54 bits per heavy atom.